The normalized spacial score (nSPS) is 14.8. The van der Waals surface area contributed by atoms with Crippen LogP contribution in [0.25, 0.3) is 6.08 Å². The number of benzene rings is 3. The predicted molar refractivity (Wildman–Crippen MR) is 160 cm³/mol. The lowest BCUT2D eigenvalue weighted by atomic mass is 9.95. The molecule has 3 aromatic carbocycles. The molecule has 1 aromatic heterocycles. The highest BCUT2D eigenvalue weighted by Crippen LogP contribution is 2.32. The number of carbonyl (C=O) groups excluding carboxylic acids is 1. The van der Waals surface area contributed by atoms with Gasteiger partial charge in [0.2, 0.25) is 0 Å². The zero-order chi connectivity index (χ0) is 29.8. The van der Waals surface area contributed by atoms with Gasteiger partial charge in [-0.25, -0.2) is 14.2 Å². The van der Waals surface area contributed by atoms with Gasteiger partial charge in [0.15, 0.2) is 16.3 Å². The van der Waals surface area contributed by atoms with Crippen LogP contribution in [0.3, 0.4) is 0 Å². The third-order valence-electron chi connectivity index (χ3n) is 6.78. The minimum Gasteiger partial charge on any atom is -0.490 e. The Morgan fingerprint density at radius 2 is 1.71 bits per heavy atom. The van der Waals surface area contributed by atoms with Gasteiger partial charge in [0, 0.05) is 0 Å². The summed E-state index contributed by atoms with van der Waals surface area (Å²) >= 11 is 1.26. The standard InChI is InChI=1S/C33H31FN2O5S/c1-5-39-27-17-23(11-16-26(27)41-19-22-9-14-25(34)15-10-22)18-28-31(37)36-30(24-12-7-20(3)8-13-24)29(32(38)40-6-2)21(4)35-33(36)42-28/h7-18,30H,5-6,19H2,1-4H3/b28-18+/t30-/m0/s1. The van der Waals surface area contributed by atoms with Crippen LogP contribution in [0.4, 0.5) is 4.39 Å². The summed E-state index contributed by atoms with van der Waals surface area (Å²) in [5.41, 5.74) is 4.05. The molecule has 0 saturated carbocycles. The summed E-state index contributed by atoms with van der Waals surface area (Å²) < 4.78 is 32.5. The number of hydrogen-bond donors (Lipinski definition) is 0. The molecule has 0 bridgehead atoms. The maximum absolute atomic E-state index is 13.9. The molecule has 1 atom stereocenters. The number of allylic oxidation sites excluding steroid dienone is 1. The van der Waals surface area contributed by atoms with E-state index in [1.54, 1.807) is 42.7 Å². The molecule has 7 nitrogen and oxygen atoms in total. The second kappa shape index (κ2) is 12.6. The average Bonchev–Trinajstić information content (AvgIpc) is 3.27. The van der Waals surface area contributed by atoms with Crippen molar-refractivity contribution in [3.63, 3.8) is 0 Å². The Morgan fingerprint density at radius 1 is 0.976 bits per heavy atom. The molecule has 0 unspecified atom stereocenters. The molecule has 1 aliphatic heterocycles. The molecule has 0 aliphatic carbocycles. The van der Waals surface area contributed by atoms with Crippen molar-refractivity contribution in [1.29, 1.82) is 0 Å². The lowest BCUT2D eigenvalue weighted by Gasteiger charge is -2.24. The van der Waals surface area contributed by atoms with Crippen LogP contribution < -0.4 is 24.4 Å². The number of hydrogen-bond acceptors (Lipinski definition) is 7. The molecular weight excluding hydrogens is 555 g/mol. The highest BCUT2D eigenvalue weighted by molar-refractivity contribution is 7.07. The molecule has 0 N–H and O–H groups in total. The summed E-state index contributed by atoms with van der Waals surface area (Å²) in [6, 6.07) is 18.7. The number of nitrogens with zero attached hydrogens (tertiary/aromatic N) is 2. The molecule has 5 rings (SSSR count). The van der Waals surface area contributed by atoms with E-state index >= 15 is 0 Å². The van der Waals surface area contributed by atoms with Gasteiger partial charge in [-0.2, -0.15) is 0 Å². The van der Waals surface area contributed by atoms with Crippen molar-refractivity contribution in [1.82, 2.24) is 4.57 Å². The number of aromatic nitrogens is 1. The fourth-order valence-corrected chi connectivity index (χ4v) is 5.80. The monoisotopic (exact) mass is 586 g/mol. The SMILES string of the molecule is CCOC(=O)C1=C(C)N=c2s/c(=C/c3ccc(OCc4ccc(F)cc4)c(OCC)c3)c(=O)n2[C@H]1c1ccc(C)cc1. The van der Waals surface area contributed by atoms with Gasteiger partial charge >= 0.3 is 5.97 Å². The van der Waals surface area contributed by atoms with Crippen molar-refractivity contribution in [3.05, 3.63) is 126 Å². The lowest BCUT2D eigenvalue weighted by Crippen LogP contribution is -2.39. The maximum Gasteiger partial charge on any atom is 0.338 e. The first kappa shape index (κ1) is 29.0. The molecule has 0 radical (unpaired) electrons. The molecule has 216 valence electrons. The zero-order valence-corrected chi connectivity index (χ0v) is 24.7. The number of esters is 1. The van der Waals surface area contributed by atoms with Crippen molar-refractivity contribution in [2.75, 3.05) is 13.2 Å². The van der Waals surface area contributed by atoms with E-state index in [1.807, 2.05) is 50.2 Å². The summed E-state index contributed by atoms with van der Waals surface area (Å²) in [4.78, 5) is 32.1. The second-order valence-corrected chi connectivity index (χ2v) is 10.8. The molecule has 42 heavy (non-hydrogen) atoms. The van der Waals surface area contributed by atoms with E-state index < -0.39 is 12.0 Å². The van der Waals surface area contributed by atoms with E-state index in [0.29, 0.717) is 38.7 Å². The van der Waals surface area contributed by atoms with Crippen LogP contribution in [-0.2, 0) is 16.1 Å². The van der Waals surface area contributed by atoms with E-state index in [0.717, 1.165) is 22.3 Å². The zero-order valence-electron chi connectivity index (χ0n) is 23.8. The van der Waals surface area contributed by atoms with Gasteiger partial charge in [0.05, 0.1) is 35.1 Å². The van der Waals surface area contributed by atoms with Crippen LogP contribution in [0, 0.1) is 12.7 Å². The van der Waals surface area contributed by atoms with E-state index in [2.05, 4.69) is 4.99 Å². The molecule has 0 fully saturated rings. The predicted octanol–water partition coefficient (Wildman–Crippen LogP) is 5.22. The van der Waals surface area contributed by atoms with Gasteiger partial charge in [0.1, 0.15) is 12.4 Å². The van der Waals surface area contributed by atoms with Crippen LogP contribution in [0.1, 0.15) is 49.1 Å². The Hall–Kier alpha value is -4.50. The van der Waals surface area contributed by atoms with Gasteiger partial charge in [-0.15, -0.1) is 0 Å². The Morgan fingerprint density at radius 3 is 2.40 bits per heavy atom. The Bertz CT molecular complexity index is 1820. The molecule has 4 aromatic rings. The largest absolute Gasteiger partial charge is 0.490 e. The smallest absolute Gasteiger partial charge is 0.338 e. The minimum absolute atomic E-state index is 0.215. The van der Waals surface area contributed by atoms with Crippen LogP contribution in [-0.4, -0.2) is 23.8 Å². The maximum atomic E-state index is 13.9. The van der Waals surface area contributed by atoms with Crippen molar-refractivity contribution >= 4 is 23.4 Å². The number of aryl methyl sites for hydroxylation is 1. The number of carbonyl (C=O) groups is 1. The first-order chi connectivity index (χ1) is 20.3. The number of thiazole rings is 1. The Balaban J connectivity index is 1.54. The van der Waals surface area contributed by atoms with Gasteiger partial charge in [-0.1, -0.05) is 59.4 Å². The number of fused-ring (bicyclic) bond motifs is 1. The van der Waals surface area contributed by atoms with Gasteiger partial charge in [-0.3, -0.25) is 9.36 Å². The molecule has 9 heteroatoms. The first-order valence-corrected chi connectivity index (χ1v) is 14.5. The molecule has 0 amide bonds. The van der Waals surface area contributed by atoms with E-state index in [9.17, 15) is 14.0 Å². The molecule has 0 saturated heterocycles. The Labute approximate surface area is 246 Å². The second-order valence-electron chi connectivity index (χ2n) is 9.77. The third-order valence-corrected chi connectivity index (χ3v) is 7.77. The molecule has 2 heterocycles. The summed E-state index contributed by atoms with van der Waals surface area (Å²) in [5, 5.41) is 0. The summed E-state index contributed by atoms with van der Waals surface area (Å²) in [6.45, 7) is 8.27. The van der Waals surface area contributed by atoms with Crippen LogP contribution in [0.2, 0.25) is 0 Å². The summed E-state index contributed by atoms with van der Waals surface area (Å²) in [6.07, 6.45) is 1.78. The van der Waals surface area contributed by atoms with Crippen molar-refractivity contribution in [2.24, 2.45) is 4.99 Å². The fraction of sp³-hybridized carbons (Fsp3) is 0.242. The molecular formula is C33H31FN2O5S. The molecule has 0 spiro atoms. The van der Waals surface area contributed by atoms with Crippen LogP contribution in [0.5, 0.6) is 11.5 Å². The average molecular weight is 587 g/mol. The van der Waals surface area contributed by atoms with Gasteiger partial charge in [0.25, 0.3) is 5.56 Å². The Kier molecular flexibility index (Phi) is 8.68. The van der Waals surface area contributed by atoms with E-state index in [-0.39, 0.29) is 24.6 Å². The summed E-state index contributed by atoms with van der Waals surface area (Å²) in [7, 11) is 0. The highest BCUT2D eigenvalue weighted by Gasteiger charge is 2.33. The topological polar surface area (TPSA) is 79.1 Å². The van der Waals surface area contributed by atoms with Gasteiger partial charge < -0.3 is 14.2 Å². The van der Waals surface area contributed by atoms with E-state index in [4.69, 9.17) is 14.2 Å². The lowest BCUT2D eigenvalue weighted by molar-refractivity contribution is -0.139. The van der Waals surface area contributed by atoms with Crippen LogP contribution >= 0.6 is 11.3 Å². The van der Waals surface area contributed by atoms with Crippen LogP contribution in [0.15, 0.2) is 87.8 Å². The number of rotatable bonds is 9. The quantitative estimate of drug-likeness (QED) is 0.251. The van der Waals surface area contributed by atoms with Gasteiger partial charge in [-0.05, 0) is 74.7 Å². The fourth-order valence-electron chi connectivity index (χ4n) is 4.75. The van der Waals surface area contributed by atoms with Crippen molar-refractivity contribution in [3.8, 4) is 11.5 Å². The number of ether oxygens (including phenoxy) is 3. The number of halogens is 1. The highest BCUT2D eigenvalue weighted by atomic mass is 32.1. The van der Waals surface area contributed by atoms with Crippen molar-refractivity contribution < 1.29 is 23.4 Å². The third kappa shape index (κ3) is 6.06. The molecule has 1 aliphatic rings. The minimum atomic E-state index is -0.663. The van der Waals surface area contributed by atoms with Crippen molar-refractivity contribution in [2.45, 2.75) is 40.3 Å². The van der Waals surface area contributed by atoms with E-state index in [1.165, 1.54) is 23.5 Å². The first-order valence-electron chi connectivity index (χ1n) is 13.7. The summed E-state index contributed by atoms with van der Waals surface area (Å²) in [5.74, 6) is 0.269.